The molecule has 0 unspecified atom stereocenters. The molecular weight excluding hydrogens is 214 g/mol. The highest BCUT2D eigenvalue weighted by Crippen LogP contribution is 1.99. The van der Waals surface area contributed by atoms with Crippen molar-refractivity contribution in [1.29, 1.82) is 0 Å². The van der Waals surface area contributed by atoms with Crippen LogP contribution in [0.15, 0.2) is 42.6 Å². The Morgan fingerprint density at radius 1 is 1.29 bits per heavy atom. The number of aryl methyl sites for hydroxylation is 1. The molecule has 2 aromatic rings. The fourth-order valence-corrected chi connectivity index (χ4v) is 1.53. The summed E-state index contributed by atoms with van der Waals surface area (Å²) in [6.07, 6.45) is 1.80. The zero-order chi connectivity index (χ0) is 12.1. The third-order valence-electron chi connectivity index (χ3n) is 2.49. The molecule has 0 radical (unpaired) electrons. The Kier molecular flexibility index (Phi) is 3.55. The molecule has 1 amide bonds. The van der Waals surface area contributed by atoms with Crippen LogP contribution in [0, 0.1) is 0 Å². The normalized spacial score (nSPS) is 10.2. The van der Waals surface area contributed by atoms with Crippen molar-refractivity contribution in [3.63, 3.8) is 0 Å². The van der Waals surface area contributed by atoms with Gasteiger partial charge in [-0.2, -0.15) is 5.10 Å². The topological polar surface area (TPSA) is 46.9 Å². The number of benzene rings is 1. The van der Waals surface area contributed by atoms with Crippen molar-refractivity contribution in [3.05, 3.63) is 53.9 Å². The van der Waals surface area contributed by atoms with Gasteiger partial charge in [0.15, 0.2) is 0 Å². The van der Waals surface area contributed by atoms with Crippen molar-refractivity contribution in [2.45, 2.75) is 20.0 Å². The van der Waals surface area contributed by atoms with E-state index in [1.54, 1.807) is 16.9 Å². The van der Waals surface area contributed by atoms with E-state index in [0.717, 1.165) is 12.1 Å². The van der Waals surface area contributed by atoms with Gasteiger partial charge in [-0.3, -0.25) is 9.48 Å². The smallest absolute Gasteiger partial charge is 0.272 e. The minimum absolute atomic E-state index is 0.138. The number of carbonyl (C=O) groups is 1. The van der Waals surface area contributed by atoms with Crippen LogP contribution in [0.5, 0.6) is 0 Å². The molecule has 17 heavy (non-hydrogen) atoms. The SMILES string of the molecule is CCn1ccc(C(=O)NCc2ccccc2)n1. The third kappa shape index (κ3) is 2.93. The van der Waals surface area contributed by atoms with Gasteiger partial charge in [0.2, 0.25) is 0 Å². The maximum absolute atomic E-state index is 11.8. The summed E-state index contributed by atoms with van der Waals surface area (Å²) < 4.78 is 1.73. The predicted octanol–water partition coefficient (Wildman–Crippen LogP) is 1.83. The molecule has 0 saturated carbocycles. The summed E-state index contributed by atoms with van der Waals surface area (Å²) in [6, 6.07) is 11.5. The quantitative estimate of drug-likeness (QED) is 0.869. The van der Waals surface area contributed by atoms with Gasteiger partial charge in [-0.25, -0.2) is 0 Å². The van der Waals surface area contributed by atoms with Crippen molar-refractivity contribution < 1.29 is 4.79 Å². The van der Waals surface area contributed by atoms with Gasteiger partial charge >= 0.3 is 0 Å². The first-order chi connectivity index (χ1) is 8.29. The lowest BCUT2D eigenvalue weighted by Gasteiger charge is -2.02. The molecule has 0 aliphatic rings. The molecule has 0 saturated heterocycles. The fourth-order valence-electron chi connectivity index (χ4n) is 1.53. The highest BCUT2D eigenvalue weighted by molar-refractivity contribution is 5.92. The van der Waals surface area contributed by atoms with Gasteiger partial charge in [-0.15, -0.1) is 0 Å². The van der Waals surface area contributed by atoms with Crippen LogP contribution in [0.25, 0.3) is 0 Å². The Balaban J connectivity index is 1.93. The molecule has 0 spiro atoms. The number of hydrogen-bond acceptors (Lipinski definition) is 2. The summed E-state index contributed by atoms with van der Waals surface area (Å²) >= 11 is 0. The van der Waals surface area contributed by atoms with E-state index in [4.69, 9.17) is 0 Å². The minimum atomic E-state index is -0.138. The van der Waals surface area contributed by atoms with Gasteiger partial charge in [-0.05, 0) is 18.6 Å². The molecule has 0 aliphatic heterocycles. The zero-order valence-corrected chi connectivity index (χ0v) is 9.76. The van der Waals surface area contributed by atoms with Gasteiger partial charge < -0.3 is 5.32 Å². The highest BCUT2D eigenvalue weighted by atomic mass is 16.1. The van der Waals surface area contributed by atoms with Gasteiger partial charge in [0.1, 0.15) is 5.69 Å². The van der Waals surface area contributed by atoms with E-state index in [1.807, 2.05) is 37.3 Å². The molecule has 2 rings (SSSR count). The van der Waals surface area contributed by atoms with E-state index in [-0.39, 0.29) is 5.91 Å². The first-order valence-corrected chi connectivity index (χ1v) is 5.65. The minimum Gasteiger partial charge on any atom is -0.347 e. The van der Waals surface area contributed by atoms with Crippen LogP contribution < -0.4 is 5.32 Å². The lowest BCUT2D eigenvalue weighted by Crippen LogP contribution is -2.23. The summed E-state index contributed by atoms with van der Waals surface area (Å²) in [6.45, 7) is 3.28. The summed E-state index contributed by atoms with van der Waals surface area (Å²) in [5.74, 6) is -0.138. The Morgan fingerprint density at radius 2 is 2.06 bits per heavy atom. The number of nitrogens with zero attached hydrogens (tertiary/aromatic N) is 2. The maximum Gasteiger partial charge on any atom is 0.272 e. The van der Waals surface area contributed by atoms with Gasteiger partial charge in [-0.1, -0.05) is 30.3 Å². The number of hydrogen-bond donors (Lipinski definition) is 1. The van der Waals surface area contributed by atoms with Crippen molar-refractivity contribution in [2.24, 2.45) is 0 Å². The van der Waals surface area contributed by atoms with Crippen LogP contribution >= 0.6 is 0 Å². The molecule has 0 bridgehead atoms. The maximum atomic E-state index is 11.8. The molecule has 88 valence electrons. The average molecular weight is 229 g/mol. The van der Waals surface area contributed by atoms with Crippen LogP contribution in [0.3, 0.4) is 0 Å². The second-order valence-electron chi connectivity index (χ2n) is 3.72. The second-order valence-corrected chi connectivity index (χ2v) is 3.72. The summed E-state index contributed by atoms with van der Waals surface area (Å²) in [4.78, 5) is 11.8. The molecule has 0 fully saturated rings. The Morgan fingerprint density at radius 3 is 2.71 bits per heavy atom. The van der Waals surface area contributed by atoms with E-state index >= 15 is 0 Å². The molecule has 1 N–H and O–H groups in total. The van der Waals surface area contributed by atoms with E-state index in [0.29, 0.717) is 12.2 Å². The molecule has 0 aliphatic carbocycles. The van der Waals surface area contributed by atoms with E-state index < -0.39 is 0 Å². The van der Waals surface area contributed by atoms with Crippen LogP contribution in [-0.2, 0) is 13.1 Å². The van der Waals surface area contributed by atoms with Crippen LogP contribution in [0.1, 0.15) is 23.0 Å². The van der Waals surface area contributed by atoms with Crippen LogP contribution in [-0.4, -0.2) is 15.7 Å². The Hall–Kier alpha value is -2.10. The molecular formula is C13H15N3O. The highest BCUT2D eigenvalue weighted by Gasteiger charge is 2.08. The fraction of sp³-hybridized carbons (Fsp3) is 0.231. The molecule has 4 nitrogen and oxygen atoms in total. The first kappa shape index (κ1) is 11.4. The van der Waals surface area contributed by atoms with Gasteiger partial charge in [0, 0.05) is 19.3 Å². The number of amides is 1. The molecule has 0 atom stereocenters. The molecule has 1 aromatic heterocycles. The predicted molar refractivity (Wildman–Crippen MR) is 65.5 cm³/mol. The average Bonchev–Trinajstić information content (AvgIpc) is 2.86. The Bertz CT molecular complexity index is 490. The van der Waals surface area contributed by atoms with E-state index in [1.165, 1.54) is 0 Å². The third-order valence-corrected chi connectivity index (χ3v) is 2.49. The van der Waals surface area contributed by atoms with E-state index in [9.17, 15) is 4.79 Å². The number of aromatic nitrogens is 2. The summed E-state index contributed by atoms with van der Waals surface area (Å²) in [5.41, 5.74) is 1.54. The zero-order valence-electron chi connectivity index (χ0n) is 9.76. The van der Waals surface area contributed by atoms with Gasteiger partial charge in [0.25, 0.3) is 5.91 Å². The summed E-state index contributed by atoms with van der Waals surface area (Å²) in [5, 5.41) is 6.98. The first-order valence-electron chi connectivity index (χ1n) is 5.65. The Labute approximate surface area is 100 Å². The lowest BCUT2D eigenvalue weighted by molar-refractivity contribution is 0.0945. The molecule has 1 aromatic carbocycles. The lowest BCUT2D eigenvalue weighted by atomic mass is 10.2. The standard InChI is InChI=1S/C13H15N3O/c1-2-16-9-8-12(15-16)13(17)14-10-11-6-4-3-5-7-11/h3-9H,2,10H2,1H3,(H,14,17). The monoisotopic (exact) mass is 229 g/mol. The number of nitrogens with one attached hydrogen (secondary N) is 1. The van der Waals surface area contributed by atoms with Crippen molar-refractivity contribution in [3.8, 4) is 0 Å². The van der Waals surface area contributed by atoms with Crippen molar-refractivity contribution in [2.75, 3.05) is 0 Å². The largest absolute Gasteiger partial charge is 0.347 e. The molecule has 1 heterocycles. The molecule has 4 heteroatoms. The van der Waals surface area contributed by atoms with Crippen LogP contribution in [0.4, 0.5) is 0 Å². The number of carbonyl (C=O) groups excluding carboxylic acids is 1. The second kappa shape index (κ2) is 5.30. The van der Waals surface area contributed by atoms with Crippen molar-refractivity contribution >= 4 is 5.91 Å². The van der Waals surface area contributed by atoms with Crippen LogP contribution in [0.2, 0.25) is 0 Å². The summed E-state index contributed by atoms with van der Waals surface area (Å²) in [7, 11) is 0. The van der Waals surface area contributed by atoms with Gasteiger partial charge in [0.05, 0.1) is 0 Å². The van der Waals surface area contributed by atoms with Crippen molar-refractivity contribution in [1.82, 2.24) is 15.1 Å². The van der Waals surface area contributed by atoms with E-state index in [2.05, 4.69) is 10.4 Å². The number of rotatable bonds is 4.